The highest BCUT2D eigenvalue weighted by Gasteiger charge is 2.13. The van der Waals surface area contributed by atoms with E-state index in [4.69, 9.17) is 11.6 Å². The van der Waals surface area contributed by atoms with Crippen LogP contribution in [0.15, 0.2) is 29.2 Å². The lowest BCUT2D eigenvalue weighted by atomic mass is 10.2. The number of benzene rings is 1. The predicted octanol–water partition coefficient (Wildman–Crippen LogP) is 4.13. The number of halogens is 1. The molecule has 0 spiro atoms. The zero-order chi connectivity index (χ0) is 14.7. The third-order valence-electron chi connectivity index (χ3n) is 3.12. The first kappa shape index (κ1) is 15.1. The van der Waals surface area contributed by atoms with Crippen molar-refractivity contribution < 1.29 is 4.79 Å². The third-order valence-corrected chi connectivity index (χ3v) is 4.56. The van der Waals surface area contributed by atoms with Crippen molar-refractivity contribution >= 4 is 29.1 Å². The molecule has 0 aliphatic rings. The molecule has 0 bridgehead atoms. The van der Waals surface area contributed by atoms with Crippen LogP contribution in [-0.2, 0) is 19.2 Å². The fourth-order valence-corrected chi connectivity index (χ4v) is 3.39. The molecule has 5 heteroatoms. The summed E-state index contributed by atoms with van der Waals surface area (Å²) >= 11 is 7.99. The number of hydrogen-bond acceptors (Lipinski definition) is 3. The smallest absolute Gasteiger partial charge is 0.159 e. The molecule has 106 valence electrons. The molecule has 0 amide bonds. The number of aromatic nitrogens is 2. The van der Waals surface area contributed by atoms with Crippen LogP contribution in [0, 0.1) is 0 Å². The van der Waals surface area contributed by atoms with E-state index in [1.165, 1.54) is 0 Å². The zero-order valence-electron chi connectivity index (χ0n) is 11.8. The van der Waals surface area contributed by atoms with Gasteiger partial charge in [0.1, 0.15) is 0 Å². The Morgan fingerprint density at radius 3 is 2.80 bits per heavy atom. The Bertz CT molecular complexity index is 637. The number of carbonyl (C=O) groups excluding carboxylic acids is 1. The van der Waals surface area contributed by atoms with Gasteiger partial charge in [0.2, 0.25) is 0 Å². The molecule has 0 fully saturated rings. The van der Waals surface area contributed by atoms with Crippen molar-refractivity contribution in [1.29, 1.82) is 0 Å². The SMILES string of the molecule is CCc1nn(C)c(CSc2cccc(C(C)=O)c2)c1Cl. The van der Waals surface area contributed by atoms with E-state index in [0.29, 0.717) is 0 Å². The molecule has 0 radical (unpaired) electrons. The maximum absolute atomic E-state index is 11.4. The summed E-state index contributed by atoms with van der Waals surface area (Å²) < 4.78 is 1.84. The van der Waals surface area contributed by atoms with Crippen molar-refractivity contribution in [2.75, 3.05) is 0 Å². The summed E-state index contributed by atoms with van der Waals surface area (Å²) in [4.78, 5) is 12.4. The van der Waals surface area contributed by atoms with Gasteiger partial charge in [0, 0.05) is 23.3 Å². The van der Waals surface area contributed by atoms with Crippen LogP contribution < -0.4 is 0 Å². The van der Waals surface area contributed by atoms with Gasteiger partial charge in [0.25, 0.3) is 0 Å². The molecular weight excluding hydrogens is 292 g/mol. The minimum atomic E-state index is 0.0827. The molecule has 1 aromatic carbocycles. The molecule has 0 aliphatic carbocycles. The van der Waals surface area contributed by atoms with E-state index < -0.39 is 0 Å². The maximum atomic E-state index is 11.4. The molecule has 2 aromatic rings. The topological polar surface area (TPSA) is 34.9 Å². The summed E-state index contributed by atoms with van der Waals surface area (Å²) in [5, 5.41) is 5.16. The number of carbonyl (C=O) groups is 1. The highest BCUT2D eigenvalue weighted by molar-refractivity contribution is 7.98. The lowest BCUT2D eigenvalue weighted by Crippen LogP contribution is -1.97. The average Bonchev–Trinajstić information content (AvgIpc) is 2.71. The predicted molar refractivity (Wildman–Crippen MR) is 83.6 cm³/mol. The fraction of sp³-hybridized carbons (Fsp3) is 0.333. The van der Waals surface area contributed by atoms with E-state index in [1.54, 1.807) is 18.7 Å². The summed E-state index contributed by atoms with van der Waals surface area (Å²) in [5.41, 5.74) is 2.68. The normalized spacial score (nSPS) is 10.8. The zero-order valence-corrected chi connectivity index (χ0v) is 13.4. The molecule has 1 aromatic heterocycles. The monoisotopic (exact) mass is 308 g/mol. The van der Waals surface area contributed by atoms with Gasteiger partial charge in [0.05, 0.1) is 16.4 Å². The second-order valence-electron chi connectivity index (χ2n) is 4.56. The number of hydrogen-bond donors (Lipinski definition) is 0. The second kappa shape index (κ2) is 6.46. The van der Waals surface area contributed by atoms with E-state index in [-0.39, 0.29) is 5.78 Å². The molecule has 20 heavy (non-hydrogen) atoms. The Kier molecular flexibility index (Phi) is 4.89. The molecule has 1 heterocycles. The van der Waals surface area contributed by atoms with E-state index in [2.05, 4.69) is 5.10 Å². The Morgan fingerprint density at radius 1 is 1.45 bits per heavy atom. The minimum Gasteiger partial charge on any atom is -0.295 e. The quantitative estimate of drug-likeness (QED) is 0.615. The van der Waals surface area contributed by atoms with Gasteiger partial charge in [0.15, 0.2) is 5.78 Å². The van der Waals surface area contributed by atoms with Crippen LogP contribution in [0.5, 0.6) is 0 Å². The Balaban J connectivity index is 2.15. The van der Waals surface area contributed by atoms with Crippen molar-refractivity contribution in [3.63, 3.8) is 0 Å². The summed E-state index contributed by atoms with van der Waals surface area (Å²) in [7, 11) is 1.91. The van der Waals surface area contributed by atoms with Crippen LogP contribution in [0.2, 0.25) is 5.02 Å². The number of nitrogens with zero attached hydrogens (tertiary/aromatic N) is 2. The van der Waals surface area contributed by atoms with Gasteiger partial charge in [-0.15, -0.1) is 11.8 Å². The van der Waals surface area contributed by atoms with E-state index in [1.807, 2.05) is 42.9 Å². The van der Waals surface area contributed by atoms with Crippen molar-refractivity contribution in [3.8, 4) is 0 Å². The van der Waals surface area contributed by atoms with Crippen molar-refractivity contribution in [1.82, 2.24) is 9.78 Å². The highest BCUT2D eigenvalue weighted by atomic mass is 35.5. The first-order valence-corrected chi connectivity index (χ1v) is 7.83. The summed E-state index contributed by atoms with van der Waals surface area (Å²) in [5.74, 6) is 0.822. The molecule has 0 saturated heterocycles. The lowest BCUT2D eigenvalue weighted by molar-refractivity contribution is 0.101. The molecule has 0 atom stereocenters. The third kappa shape index (κ3) is 3.25. The largest absolute Gasteiger partial charge is 0.295 e. The van der Waals surface area contributed by atoms with Gasteiger partial charge < -0.3 is 0 Å². The molecule has 2 rings (SSSR count). The van der Waals surface area contributed by atoms with Gasteiger partial charge in [-0.2, -0.15) is 5.10 Å². The van der Waals surface area contributed by atoms with E-state index in [0.717, 1.165) is 39.0 Å². The van der Waals surface area contributed by atoms with Crippen molar-refractivity contribution in [2.24, 2.45) is 7.05 Å². The lowest BCUT2D eigenvalue weighted by Gasteiger charge is -2.04. The van der Waals surface area contributed by atoms with Crippen LogP contribution in [0.1, 0.15) is 35.6 Å². The molecular formula is C15H17ClN2OS. The number of rotatable bonds is 5. The highest BCUT2D eigenvalue weighted by Crippen LogP contribution is 2.29. The number of thioether (sulfide) groups is 1. The summed E-state index contributed by atoms with van der Waals surface area (Å²) in [6.45, 7) is 3.62. The number of aryl methyl sites for hydroxylation is 2. The Labute approximate surface area is 128 Å². The minimum absolute atomic E-state index is 0.0827. The van der Waals surface area contributed by atoms with Crippen LogP contribution in [0.25, 0.3) is 0 Å². The van der Waals surface area contributed by atoms with Crippen molar-refractivity contribution in [3.05, 3.63) is 46.2 Å². The van der Waals surface area contributed by atoms with E-state index in [9.17, 15) is 4.79 Å². The van der Waals surface area contributed by atoms with Crippen LogP contribution in [-0.4, -0.2) is 15.6 Å². The van der Waals surface area contributed by atoms with Gasteiger partial charge in [-0.3, -0.25) is 9.48 Å². The van der Waals surface area contributed by atoms with E-state index >= 15 is 0 Å². The maximum Gasteiger partial charge on any atom is 0.159 e. The fourth-order valence-electron chi connectivity index (χ4n) is 1.93. The second-order valence-corrected chi connectivity index (χ2v) is 5.98. The molecule has 3 nitrogen and oxygen atoms in total. The first-order chi connectivity index (χ1) is 9.52. The molecule has 0 unspecified atom stereocenters. The molecule has 0 saturated carbocycles. The van der Waals surface area contributed by atoms with Crippen LogP contribution >= 0.6 is 23.4 Å². The van der Waals surface area contributed by atoms with Gasteiger partial charge in [-0.05, 0) is 25.5 Å². The van der Waals surface area contributed by atoms with Gasteiger partial charge in [-0.25, -0.2) is 0 Å². The molecule has 0 N–H and O–H groups in total. The standard InChI is InChI=1S/C15H17ClN2OS/c1-4-13-15(16)14(18(3)17-13)9-20-12-7-5-6-11(8-12)10(2)19/h5-8H,4,9H2,1-3H3. The van der Waals surface area contributed by atoms with Crippen LogP contribution in [0.3, 0.4) is 0 Å². The van der Waals surface area contributed by atoms with Crippen LogP contribution in [0.4, 0.5) is 0 Å². The Morgan fingerprint density at radius 2 is 2.20 bits per heavy atom. The average molecular weight is 309 g/mol. The molecule has 0 aliphatic heterocycles. The summed E-state index contributed by atoms with van der Waals surface area (Å²) in [6, 6.07) is 7.65. The van der Waals surface area contributed by atoms with Gasteiger partial charge in [-0.1, -0.05) is 30.7 Å². The Hall–Kier alpha value is -1.26. The number of Topliss-reactive ketones (excluding diaryl/α,β-unsaturated/α-hetero) is 1. The first-order valence-electron chi connectivity index (χ1n) is 6.47. The van der Waals surface area contributed by atoms with Gasteiger partial charge >= 0.3 is 0 Å². The number of ketones is 1. The van der Waals surface area contributed by atoms with Crippen molar-refractivity contribution in [2.45, 2.75) is 30.9 Å². The summed E-state index contributed by atoms with van der Waals surface area (Å²) in [6.07, 6.45) is 0.831.